The Kier molecular flexibility index (Phi) is 4.25. The Balaban J connectivity index is 1.94. The molecule has 19 heavy (non-hydrogen) atoms. The first-order chi connectivity index (χ1) is 9.00. The molecule has 0 spiro atoms. The lowest BCUT2D eigenvalue weighted by Crippen LogP contribution is -2.42. The number of hydrogen-bond donors (Lipinski definition) is 2. The number of rotatable bonds is 4. The number of nitrogens with two attached hydrogens (primary N) is 1. The highest BCUT2D eigenvalue weighted by Crippen LogP contribution is 2.30. The Bertz CT molecular complexity index is 450. The quantitative estimate of drug-likeness (QED) is 0.874. The van der Waals surface area contributed by atoms with Crippen LogP contribution in [0.3, 0.4) is 0 Å². The van der Waals surface area contributed by atoms with Crippen molar-refractivity contribution < 1.29 is 4.79 Å². The molecule has 1 amide bonds. The highest BCUT2D eigenvalue weighted by molar-refractivity contribution is 5.77. The summed E-state index contributed by atoms with van der Waals surface area (Å²) in [6.45, 7) is 4.09. The van der Waals surface area contributed by atoms with Crippen molar-refractivity contribution in [1.29, 1.82) is 0 Å². The molecule has 1 aromatic carbocycles. The topological polar surface area (TPSA) is 55.1 Å². The zero-order chi connectivity index (χ0) is 13.9. The zero-order valence-corrected chi connectivity index (χ0v) is 11.9. The van der Waals surface area contributed by atoms with Gasteiger partial charge in [-0.1, -0.05) is 37.1 Å². The smallest absolute Gasteiger partial charge is 0.222 e. The summed E-state index contributed by atoms with van der Waals surface area (Å²) in [6, 6.07) is 8.19. The van der Waals surface area contributed by atoms with Gasteiger partial charge in [-0.25, -0.2) is 0 Å². The molecule has 0 radical (unpaired) electrons. The van der Waals surface area contributed by atoms with E-state index in [0.717, 1.165) is 25.7 Å². The van der Waals surface area contributed by atoms with Gasteiger partial charge in [-0.3, -0.25) is 4.79 Å². The van der Waals surface area contributed by atoms with E-state index in [0.29, 0.717) is 6.42 Å². The molecule has 1 saturated carbocycles. The maximum absolute atomic E-state index is 12.1. The second-order valence-corrected chi connectivity index (χ2v) is 5.89. The average molecular weight is 260 g/mol. The van der Waals surface area contributed by atoms with Crippen LogP contribution < -0.4 is 11.1 Å². The third-order valence-corrected chi connectivity index (χ3v) is 4.14. The molecule has 0 unspecified atom stereocenters. The van der Waals surface area contributed by atoms with Gasteiger partial charge in [-0.05, 0) is 37.8 Å². The molecule has 1 aliphatic rings. The molecule has 1 fully saturated rings. The lowest BCUT2D eigenvalue weighted by molar-refractivity contribution is -0.122. The normalized spacial score (nSPS) is 19.1. The summed E-state index contributed by atoms with van der Waals surface area (Å²) < 4.78 is 0. The minimum atomic E-state index is -0.268. The second-order valence-electron chi connectivity index (χ2n) is 5.89. The Hall–Kier alpha value is -1.35. The lowest BCUT2D eigenvalue weighted by Gasteiger charge is -2.24. The maximum atomic E-state index is 12.1. The van der Waals surface area contributed by atoms with Crippen molar-refractivity contribution in [3.63, 3.8) is 0 Å². The minimum Gasteiger partial charge on any atom is -0.350 e. The van der Waals surface area contributed by atoms with Gasteiger partial charge in [-0.15, -0.1) is 0 Å². The van der Waals surface area contributed by atoms with Crippen molar-refractivity contribution in [2.45, 2.75) is 57.5 Å². The largest absolute Gasteiger partial charge is 0.350 e. The van der Waals surface area contributed by atoms with Gasteiger partial charge in [0.25, 0.3) is 0 Å². The van der Waals surface area contributed by atoms with E-state index in [1.165, 1.54) is 11.1 Å². The van der Waals surface area contributed by atoms with E-state index in [4.69, 9.17) is 5.73 Å². The summed E-state index contributed by atoms with van der Waals surface area (Å²) in [5.74, 6) is 0.0696. The van der Waals surface area contributed by atoms with Gasteiger partial charge >= 0.3 is 0 Å². The van der Waals surface area contributed by atoms with E-state index in [-0.39, 0.29) is 17.5 Å². The van der Waals surface area contributed by atoms with Gasteiger partial charge in [0.1, 0.15) is 0 Å². The summed E-state index contributed by atoms with van der Waals surface area (Å²) >= 11 is 0. The molecule has 0 saturated heterocycles. The van der Waals surface area contributed by atoms with Gasteiger partial charge in [0.15, 0.2) is 0 Å². The van der Waals surface area contributed by atoms with Crippen LogP contribution in [0.2, 0.25) is 0 Å². The van der Waals surface area contributed by atoms with Crippen molar-refractivity contribution in [1.82, 2.24) is 5.32 Å². The molecular formula is C16H24N2O. The Labute approximate surface area is 115 Å². The van der Waals surface area contributed by atoms with Crippen LogP contribution in [0.15, 0.2) is 24.3 Å². The Morgan fingerprint density at radius 3 is 2.63 bits per heavy atom. The molecule has 0 bridgehead atoms. The summed E-state index contributed by atoms with van der Waals surface area (Å²) in [5, 5.41) is 3.07. The summed E-state index contributed by atoms with van der Waals surface area (Å²) in [4.78, 5) is 12.1. The molecular weight excluding hydrogens is 236 g/mol. The summed E-state index contributed by atoms with van der Waals surface area (Å²) in [7, 11) is 0. The van der Waals surface area contributed by atoms with Crippen LogP contribution in [0.1, 0.15) is 56.2 Å². The fourth-order valence-electron chi connectivity index (χ4n) is 3.02. The molecule has 1 aromatic rings. The van der Waals surface area contributed by atoms with E-state index in [1.54, 1.807) is 0 Å². The number of aryl methyl sites for hydroxylation is 1. The predicted octanol–water partition coefficient (Wildman–Crippen LogP) is 2.83. The van der Waals surface area contributed by atoms with Crippen molar-refractivity contribution in [3.05, 3.63) is 35.4 Å². The van der Waals surface area contributed by atoms with Crippen LogP contribution in [0.5, 0.6) is 0 Å². The molecule has 3 N–H and O–H groups in total. The molecule has 1 atom stereocenters. The van der Waals surface area contributed by atoms with Crippen molar-refractivity contribution >= 4 is 5.91 Å². The van der Waals surface area contributed by atoms with Crippen LogP contribution in [0, 0.1) is 6.92 Å². The monoisotopic (exact) mass is 260 g/mol. The second kappa shape index (κ2) is 5.74. The van der Waals surface area contributed by atoms with Gasteiger partial charge in [-0.2, -0.15) is 0 Å². The van der Waals surface area contributed by atoms with Crippen molar-refractivity contribution in [2.24, 2.45) is 5.73 Å². The first kappa shape index (κ1) is 14.1. The highest BCUT2D eigenvalue weighted by atomic mass is 16.1. The van der Waals surface area contributed by atoms with E-state index < -0.39 is 0 Å². The van der Waals surface area contributed by atoms with Gasteiger partial charge in [0.2, 0.25) is 5.91 Å². The van der Waals surface area contributed by atoms with E-state index in [9.17, 15) is 4.79 Å². The SMILES string of the molecule is Cc1ccccc1[C@@H](C)NC(=O)CC1(N)CCCC1. The van der Waals surface area contributed by atoms with Gasteiger partial charge in [0, 0.05) is 12.0 Å². The lowest BCUT2D eigenvalue weighted by atomic mass is 9.94. The van der Waals surface area contributed by atoms with E-state index in [2.05, 4.69) is 24.4 Å². The van der Waals surface area contributed by atoms with E-state index >= 15 is 0 Å². The fraction of sp³-hybridized carbons (Fsp3) is 0.562. The molecule has 0 aliphatic heterocycles. The van der Waals surface area contributed by atoms with Gasteiger partial charge in [0.05, 0.1) is 6.04 Å². The molecule has 1 aliphatic carbocycles. The average Bonchev–Trinajstić information content (AvgIpc) is 2.75. The number of benzene rings is 1. The standard InChI is InChI=1S/C16H24N2O/c1-12-7-3-4-8-14(12)13(2)18-15(19)11-16(17)9-5-6-10-16/h3-4,7-8,13H,5-6,9-11,17H2,1-2H3,(H,18,19)/t13-/m1/s1. The molecule has 104 valence electrons. The van der Waals surface area contributed by atoms with Crippen LogP contribution in [0.25, 0.3) is 0 Å². The number of carbonyl (C=O) groups excluding carboxylic acids is 1. The van der Waals surface area contributed by atoms with Crippen LogP contribution in [0.4, 0.5) is 0 Å². The molecule has 0 heterocycles. The number of carbonyl (C=O) groups is 1. The third kappa shape index (κ3) is 3.57. The van der Waals surface area contributed by atoms with Crippen molar-refractivity contribution in [2.75, 3.05) is 0 Å². The molecule has 3 nitrogen and oxygen atoms in total. The predicted molar refractivity (Wildman–Crippen MR) is 77.7 cm³/mol. The summed E-state index contributed by atoms with van der Waals surface area (Å²) in [6.07, 6.45) is 4.69. The maximum Gasteiger partial charge on any atom is 0.222 e. The van der Waals surface area contributed by atoms with Crippen LogP contribution in [-0.4, -0.2) is 11.4 Å². The fourth-order valence-corrected chi connectivity index (χ4v) is 3.02. The first-order valence-corrected chi connectivity index (χ1v) is 7.14. The minimum absolute atomic E-state index is 0.0405. The van der Waals surface area contributed by atoms with E-state index in [1.807, 2.05) is 19.1 Å². The Morgan fingerprint density at radius 2 is 2.00 bits per heavy atom. The van der Waals surface area contributed by atoms with Gasteiger partial charge < -0.3 is 11.1 Å². The summed E-state index contributed by atoms with van der Waals surface area (Å²) in [5.41, 5.74) is 8.36. The number of hydrogen-bond acceptors (Lipinski definition) is 2. The number of nitrogens with one attached hydrogen (secondary N) is 1. The highest BCUT2D eigenvalue weighted by Gasteiger charge is 2.32. The van der Waals surface area contributed by atoms with Crippen LogP contribution >= 0.6 is 0 Å². The molecule has 0 aromatic heterocycles. The first-order valence-electron chi connectivity index (χ1n) is 7.14. The Morgan fingerprint density at radius 1 is 1.37 bits per heavy atom. The molecule has 2 rings (SSSR count). The zero-order valence-electron chi connectivity index (χ0n) is 11.9. The number of amides is 1. The molecule has 3 heteroatoms. The third-order valence-electron chi connectivity index (χ3n) is 4.14. The van der Waals surface area contributed by atoms with Crippen LogP contribution in [-0.2, 0) is 4.79 Å². The van der Waals surface area contributed by atoms with Crippen molar-refractivity contribution in [3.8, 4) is 0 Å².